The minimum absolute atomic E-state index is 0. The number of piperidine rings is 1. The van der Waals surface area contributed by atoms with Crippen molar-refractivity contribution in [2.45, 2.75) is 25.7 Å². The SMILES string of the molecule is CN=C(NCCCCSC)N1CCC(=Cc2ccccc2)CC1.I. The number of likely N-dealkylation sites (tertiary alicyclic amines) is 1. The van der Waals surface area contributed by atoms with Crippen LogP contribution in [0.25, 0.3) is 6.08 Å². The molecule has 3 nitrogen and oxygen atoms in total. The Labute approximate surface area is 168 Å². The summed E-state index contributed by atoms with van der Waals surface area (Å²) >= 11 is 1.92. The molecule has 0 amide bonds. The van der Waals surface area contributed by atoms with Gasteiger partial charge in [-0.05, 0) is 43.3 Å². The number of halogens is 1. The van der Waals surface area contributed by atoms with E-state index in [2.05, 4.69) is 57.9 Å². The van der Waals surface area contributed by atoms with Crippen LogP contribution in [-0.2, 0) is 0 Å². The van der Waals surface area contributed by atoms with Gasteiger partial charge in [-0.2, -0.15) is 11.8 Å². The zero-order chi connectivity index (χ0) is 16.3. The predicted molar refractivity (Wildman–Crippen MR) is 120 cm³/mol. The summed E-state index contributed by atoms with van der Waals surface area (Å²) in [6.45, 7) is 3.14. The van der Waals surface area contributed by atoms with Gasteiger partial charge in [0.15, 0.2) is 5.96 Å². The molecule has 0 spiro atoms. The Morgan fingerprint density at radius 3 is 2.54 bits per heavy atom. The number of nitrogens with zero attached hydrogens (tertiary/aromatic N) is 2. The lowest BCUT2D eigenvalue weighted by molar-refractivity contribution is 0.375. The topological polar surface area (TPSA) is 27.6 Å². The molecule has 0 aromatic heterocycles. The predicted octanol–water partition coefficient (Wildman–Crippen LogP) is 4.50. The van der Waals surface area contributed by atoms with E-state index >= 15 is 0 Å². The second-order valence-electron chi connectivity index (χ2n) is 5.87. The summed E-state index contributed by atoms with van der Waals surface area (Å²) in [5, 5.41) is 3.51. The van der Waals surface area contributed by atoms with Gasteiger partial charge in [0.25, 0.3) is 0 Å². The van der Waals surface area contributed by atoms with Crippen molar-refractivity contribution >= 4 is 47.8 Å². The summed E-state index contributed by atoms with van der Waals surface area (Å²) in [6, 6.07) is 10.6. The van der Waals surface area contributed by atoms with E-state index in [0.29, 0.717) is 0 Å². The molecule has 0 atom stereocenters. The first-order valence-electron chi connectivity index (χ1n) is 8.52. The number of hydrogen-bond donors (Lipinski definition) is 1. The summed E-state index contributed by atoms with van der Waals surface area (Å²) in [5.74, 6) is 2.31. The van der Waals surface area contributed by atoms with Crippen LogP contribution in [0, 0.1) is 0 Å². The quantitative estimate of drug-likeness (QED) is 0.294. The van der Waals surface area contributed by atoms with Gasteiger partial charge in [0.2, 0.25) is 0 Å². The standard InChI is InChI=1S/C19H29N3S.HI/c1-20-19(21-12-6-7-15-23-2)22-13-10-18(11-14-22)16-17-8-4-3-5-9-17;/h3-5,8-9,16H,6-7,10-15H2,1-2H3,(H,20,21);1H. The zero-order valence-electron chi connectivity index (χ0n) is 14.8. The largest absolute Gasteiger partial charge is 0.356 e. The summed E-state index contributed by atoms with van der Waals surface area (Å²) in [5.41, 5.74) is 2.86. The van der Waals surface area contributed by atoms with E-state index in [0.717, 1.165) is 38.4 Å². The van der Waals surface area contributed by atoms with Crippen LogP contribution < -0.4 is 5.32 Å². The number of unbranched alkanes of at least 4 members (excludes halogenated alkanes) is 1. The highest BCUT2D eigenvalue weighted by molar-refractivity contribution is 14.0. The Kier molecular flexibility index (Phi) is 11.2. The van der Waals surface area contributed by atoms with Crippen LogP contribution >= 0.6 is 35.7 Å². The van der Waals surface area contributed by atoms with Crippen molar-refractivity contribution < 1.29 is 0 Å². The van der Waals surface area contributed by atoms with Gasteiger partial charge >= 0.3 is 0 Å². The third kappa shape index (κ3) is 7.47. The van der Waals surface area contributed by atoms with Gasteiger partial charge in [0, 0.05) is 26.7 Å². The van der Waals surface area contributed by atoms with Crippen LogP contribution in [0.1, 0.15) is 31.2 Å². The van der Waals surface area contributed by atoms with Gasteiger partial charge in [0.1, 0.15) is 0 Å². The number of rotatable bonds is 6. The highest BCUT2D eigenvalue weighted by atomic mass is 127. The first-order chi connectivity index (χ1) is 11.3. The molecule has 0 radical (unpaired) electrons. The Morgan fingerprint density at radius 2 is 1.92 bits per heavy atom. The second-order valence-corrected chi connectivity index (χ2v) is 6.86. The fourth-order valence-electron chi connectivity index (χ4n) is 2.84. The Balaban J connectivity index is 0.00000288. The summed E-state index contributed by atoms with van der Waals surface area (Å²) in [7, 11) is 1.89. The average Bonchev–Trinajstić information content (AvgIpc) is 2.60. The second kappa shape index (κ2) is 12.6. The molecule has 0 unspecified atom stereocenters. The fraction of sp³-hybridized carbons (Fsp3) is 0.526. The van der Waals surface area contributed by atoms with E-state index in [9.17, 15) is 0 Å². The van der Waals surface area contributed by atoms with Crippen LogP contribution in [0.5, 0.6) is 0 Å². The van der Waals surface area contributed by atoms with E-state index < -0.39 is 0 Å². The maximum atomic E-state index is 4.45. The molecule has 1 fully saturated rings. The van der Waals surface area contributed by atoms with Crippen molar-refractivity contribution in [3.63, 3.8) is 0 Å². The summed E-state index contributed by atoms with van der Waals surface area (Å²) < 4.78 is 0. The molecule has 134 valence electrons. The van der Waals surface area contributed by atoms with Gasteiger partial charge in [-0.1, -0.05) is 42.0 Å². The molecule has 1 N–H and O–H groups in total. The molecule has 1 aliphatic rings. The van der Waals surface area contributed by atoms with Crippen LogP contribution in [0.2, 0.25) is 0 Å². The first-order valence-corrected chi connectivity index (χ1v) is 9.92. The normalized spacial score (nSPS) is 15.0. The van der Waals surface area contributed by atoms with Crippen molar-refractivity contribution in [2.24, 2.45) is 4.99 Å². The molecular formula is C19H30IN3S. The van der Waals surface area contributed by atoms with Gasteiger partial charge in [-0.15, -0.1) is 24.0 Å². The number of thioether (sulfide) groups is 1. The van der Waals surface area contributed by atoms with E-state index in [1.807, 2.05) is 18.8 Å². The molecule has 2 rings (SSSR count). The van der Waals surface area contributed by atoms with Crippen molar-refractivity contribution in [1.82, 2.24) is 10.2 Å². The molecule has 5 heteroatoms. The van der Waals surface area contributed by atoms with Crippen LogP contribution in [0.3, 0.4) is 0 Å². The molecule has 1 aliphatic heterocycles. The fourth-order valence-corrected chi connectivity index (χ4v) is 3.33. The minimum atomic E-state index is 0. The third-order valence-corrected chi connectivity index (χ3v) is 4.84. The van der Waals surface area contributed by atoms with Crippen LogP contribution in [0.15, 0.2) is 40.9 Å². The van der Waals surface area contributed by atoms with Crippen molar-refractivity contribution in [1.29, 1.82) is 0 Å². The number of hydrogen-bond acceptors (Lipinski definition) is 2. The molecular weight excluding hydrogens is 429 g/mol. The molecule has 0 saturated carbocycles. The number of guanidine groups is 1. The molecule has 0 aliphatic carbocycles. The maximum Gasteiger partial charge on any atom is 0.193 e. The molecule has 1 saturated heterocycles. The van der Waals surface area contributed by atoms with Crippen molar-refractivity contribution in [2.75, 3.05) is 38.7 Å². The highest BCUT2D eigenvalue weighted by Crippen LogP contribution is 2.19. The van der Waals surface area contributed by atoms with E-state index in [4.69, 9.17) is 0 Å². The summed E-state index contributed by atoms with van der Waals surface area (Å²) in [6.07, 6.45) is 9.25. The lowest BCUT2D eigenvalue weighted by atomic mass is 10.0. The lowest BCUT2D eigenvalue weighted by Gasteiger charge is -2.31. The van der Waals surface area contributed by atoms with Crippen LogP contribution in [0.4, 0.5) is 0 Å². The number of benzene rings is 1. The Bertz CT molecular complexity index is 507. The first kappa shape index (κ1) is 21.4. The van der Waals surface area contributed by atoms with Gasteiger partial charge < -0.3 is 10.2 Å². The Hall–Kier alpha value is -0.690. The maximum absolute atomic E-state index is 4.45. The van der Waals surface area contributed by atoms with Crippen LogP contribution in [-0.4, -0.2) is 49.6 Å². The van der Waals surface area contributed by atoms with E-state index in [-0.39, 0.29) is 24.0 Å². The summed E-state index contributed by atoms with van der Waals surface area (Å²) in [4.78, 5) is 6.83. The number of aliphatic imine (C=N–C) groups is 1. The molecule has 0 bridgehead atoms. The van der Waals surface area contributed by atoms with Gasteiger partial charge in [-0.3, -0.25) is 4.99 Å². The zero-order valence-corrected chi connectivity index (χ0v) is 18.0. The Morgan fingerprint density at radius 1 is 1.21 bits per heavy atom. The minimum Gasteiger partial charge on any atom is -0.356 e. The van der Waals surface area contributed by atoms with Gasteiger partial charge in [-0.25, -0.2) is 0 Å². The van der Waals surface area contributed by atoms with E-state index in [1.54, 1.807) is 5.57 Å². The average molecular weight is 459 g/mol. The smallest absolute Gasteiger partial charge is 0.193 e. The molecule has 1 aromatic rings. The third-order valence-electron chi connectivity index (χ3n) is 4.15. The molecule has 1 aromatic carbocycles. The lowest BCUT2D eigenvalue weighted by Crippen LogP contribution is -2.44. The van der Waals surface area contributed by atoms with E-state index in [1.165, 1.54) is 24.2 Å². The number of nitrogens with one attached hydrogen (secondary N) is 1. The van der Waals surface area contributed by atoms with Crippen molar-refractivity contribution in [3.8, 4) is 0 Å². The monoisotopic (exact) mass is 459 g/mol. The van der Waals surface area contributed by atoms with Crippen molar-refractivity contribution in [3.05, 3.63) is 41.5 Å². The van der Waals surface area contributed by atoms with Gasteiger partial charge in [0.05, 0.1) is 0 Å². The molecule has 1 heterocycles. The molecule has 24 heavy (non-hydrogen) atoms. The highest BCUT2D eigenvalue weighted by Gasteiger charge is 2.16.